The SMILES string of the molecule is CCCC1(CCC)c2ccccc2Oc2c1cccc2[Si](C)(c1ccccc1)c1cccc(-n2c3ccccc3n3c4ccccc4nc23)c1. The van der Waals surface area contributed by atoms with Crippen LogP contribution in [0.5, 0.6) is 11.5 Å². The molecule has 0 fully saturated rings. The minimum atomic E-state index is -2.66. The quantitative estimate of drug-likeness (QED) is 0.119. The van der Waals surface area contributed by atoms with Gasteiger partial charge in [0.05, 0.1) is 22.1 Å². The smallest absolute Gasteiger partial charge is 0.220 e. The van der Waals surface area contributed by atoms with Crippen molar-refractivity contribution in [3.05, 3.63) is 157 Å². The van der Waals surface area contributed by atoms with Crippen LogP contribution in [-0.4, -0.2) is 22.0 Å². The van der Waals surface area contributed by atoms with Crippen LogP contribution in [0.1, 0.15) is 50.7 Å². The summed E-state index contributed by atoms with van der Waals surface area (Å²) >= 11 is 0. The molecule has 4 nitrogen and oxygen atoms in total. The standard InChI is InChI=1S/C45H41N3OSi/c1-4-29-45(30-5-2)35-21-9-14-27-41(35)49-43-36(45)22-16-28-42(43)50(3,33-18-7-6-8-19-33)34-20-15-17-32(31-34)47-39-25-12-13-26-40(39)48-38-24-11-10-23-37(38)46-44(47)48/h6-28,31H,4-5,29-30H2,1-3H3. The Morgan fingerprint density at radius 2 is 1.26 bits per heavy atom. The molecule has 1 aliphatic rings. The second-order valence-corrected chi connectivity index (χ2v) is 17.9. The number of hydrogen-bond acceptors (Lipinski definition) is 2. The highest BCUT2D eigenvalue weighted by Gasteiger charge is 2.45. The van der Waals surface area contributed by atoms with E-state index < -0.39 is 8.07 Å². The van der Waals surface area contributed by atoms with Crippen LogP contribution in [0.25, 0.3) is 33.5 Å². The van der Waals surface area contributed by atoms with Crippen molar-refractivity contribution in [3.63, 3.8) is 0 Å². The molecule has 9 rings (SSSR count). The van der Waals surface area contributed by atoms with Gasteiger partial charge in [0.15, 0.2) is 0 Å². The summed E-state index contributed by atoms with van der Waals surface area (Å²) in [6.07, 6.45) is 4.39. The van der Waals surface area contributed by atoms with Gasteiger partial charge >= 0.3 is 0 Å². The third-order valence-corrected chi connectivity index (χ3v) is 15.6. The van der Waals surface area contributed by atoms with Crippen LogP contribution >= 0.6 is 0 Å². The van der Waals surface area contributed by atoms with E-state index in [4.69, 9.17) is 9.72 Å². The highest BCUT2D eigenvalue weighted by atomic mass is 28.3. The lowest BCUT2D eigenvalue weighted by molar-refractivity contribution is 0.354. The van der Waals surface area contributed by atoms with Gasteiger partial charge in [-0.25, -0.2) is 4.98 Å². The lowest BCUT2D eigenvalue weighted by Gasteiger charge is -2.43. The van der Waals surface area contributed by atoms with Crippen molar-refractivity contribution < 1.29 is 4.74 Å². The topological polar surface area (TPSA) is 31.5 Å². The Hall–Kier alpha value is -5.39. The van der Waals surface area contributed by atoms with Gasteiger partial charge in [-0.15, -0.1) is 0 Å². The molecule has 0 aliphatic carbocycles. The number of benzene rings is 6. The molecule has 5 heteroatoms. The fourth-order valence-corrected chi connectivity index (χ4v) is 12.7. The Morgan fingerprint density at radius 3 is 2.06 bits per heavy atom. The predicted octanol–water partition coefficient (Wildman–Crippen LogP) is 9.52. The van der Waals surface area contributed by atoms with Crippen LogP contribution in [0.15, 0.2) is 146 Å². The molecule has 246 valence electrons. The Labute approximate surface area is 294 Å². The number of para-hydroxylation sites is 6. The van der Waals surface area contributed by atoms with Gasteiger partial charge < -0.3 is 4.74 Å². The van der Waals surface area contributed by atoms with Crippen molar-refractivity contribution in [2.75, 3.05) is 0 Å². The normalized spacial score (nSPS) is 14.7. The van der Waals surface area contributed by atoms with Gasteiger partial charge in [0.1, 0.15) is 19.6 Å². The number of aromatic nitrogens is 3. The van der Waals surface area contributed by atoms with Gasteiger partial charge in [0.2, 0.25) is 5.78 Å². The van der Waals surface area contributed by atoms with Crippen LogP contribution < -0.4 is 20.3 Å². The number of hydrogen-bond donors (Lipinski definition) is 0. The van der Waals surface area contributed by atoms with E-state index in [1.807, 2.05) is 0 Å². The molecule has 0 amide bonds. The van der Waals surface area contributed by atoms with Crippen LogP contribution in [0, 0.1) is 0 Å². The molecule has 50 heavy (non-hydrogen) atoms. The average molecular weight is 668 g/mol. The Bertz CT molecular complexity index is 2520. The number of rotatable bonds is 8. The van der Waals surface area contributed by atoms with E-state index in [9.17, 15) is 0 Å². The number of fused-ring (bicyclic) bond motifs is 7. The molecular formula is C45H41N3OSi. The maximum Gasteiger partial charge on any atom is 0.220 e. The van der Waals surface area contributed by atoms with E-state index in [1.54, 1.807) is 0 Å². The summed E-state index contributed by atoms with van der Waals surface area (Å²) in [5, 5.41) is 4.01. The molecule has 6 aromatic carbocycles. The van der Waals surface area contributed by atoms with Gasteiger partial charge in [-0.3, -0.25) is 8.97 Å². The third-order valence-electron chi connectivity index (χ3n) is 11.2. The van der Waals surface area contributed by atoms with Crippen LogP contribution in [-0.2, 0) is 5.41 Å². The molecule has 1 atom stereocenters. The van der Waals surface area contributed by atoms with E-state index in [1.165, 1.54) is 26.7 Å². The first-order valence-electron chi connectivity index (χ1n) is 18.0. The van der Waals surface area contributed by atoms with Crippen LogP contribution in [0.4, 0.5) is 0 Å². The first-order chi connectivity index (χ1) is 24.6. The molecule has 0 saturated heterocycles. The fraction of sp³-hybridized carbons (Fsp3) is 0.178. The summed E-state index contributed by atoms with van der Waals surface area (Å²) in [4.78, 5) is 5.18. The average Bonchev–Trinajstić information content (AvgIpc) is 3.70. The van der Waals surface area contributed by atoms with E-state index in [-0.39, 0.29) is 5.41 Å². The molecular weight excluding hydrogens is 627 g/mol. The monoisotopic (exact) mass is 667 g/mol. The van der Waals surface area contributed by atoms with Gasteiger partial charge in [-0.2, -0.15) is 0 Å². The Kier molecular flexibility index (Phi) is 7.29. The summed E-state index contributed by atoms with van der Waals surface area (Å²) in [5.41, 5.74) is 8.10. The molecule has 1 aliphatic heterocycles. The van der Waals surface area contributed by atoms with E-state index in [0.717, 1.165) is 70.7 Å². The molecule has 3 heterocycles. The van der Waals surface area contributed by atoms with E-state index in [2.05, 4.69) is 175 Å². The van der Waals surface area contributed by atoms with Gasteiger partial charge in [0.25, 0.3) is 0 Å². The maximum absolute atomic E-state index is 7.11. The second-order valence-electron chi connectivity index (χ2n) is 14.0. The summed E-state index contributed by atoms with van der Waals surface area (Å²) < 4.78 is 11.7. The zero-order valence-corrected chi connectivity index (χ0v) is 29.9. The first-order valence-corrected chi connectivity index (χ1v) is 20.5. The minimum Gasteiger partial charge on any atom is -0.457 e. The van der Waals surface area contributed by atoms with Crippen molar-refractivity contribution in [2.45, 2.75) is 51.5 Å². The third kappa shape index (κ3) is 4.39. The Morgan fingerprint density at radius 1 is 0.620 bits per heavy atom. The summed E-state index contributed by atoms with van der Waals surface area (Å²) in [6.45, 7) is 7.14. The maximum atomic E-state index is 7.11. The lowest BCUT2D eigenvalue weighted by atomic mass is 9.67. The zero-order valence-electron chi connectivity index (χ0n) is 28.9. The summed E-state index contributed by atoms with van der Waals surface area (Å²) in [6, 6.07) is 53.2. The molecule has 0 radical (unpaired) electrons. The highest BCUT2D eigenvalue weighted by Crippen LogP contribution is 2.52. The summed E-state index contributed by atoms with van der Waals surface area (Å²) in [7, 11) is -2.66. The predicted molar refractivity (Wildman–Crippen MR) is 210 cm³/mol. The van der Waals surface area contributed by atoms with Gasteiger partial charge in [-0.1, -0.05) is 136 Å². The second kappa shape index (κ2) is 11.9. The minimum absolute atomic E-state index is 0.0874. The molecule has 0 bridgehead atoms. The Balaban J connectivity index is 1.31. The number of nitrogens with zero attached hydrogens (tertiary/aromatic N) is 3. The highest BCUT2D eigenvalue weighted by molar-refractivity contribution is 7.11. The number of imidazole rings is 2. The van der Waals surface area contributed by atoms with E-state index in [0.29, 0.717) is 0 Å². The molecule has 0 saturated carbocycles. The van der Waals surface area contributed by atoms with Gasteiger partial charge in [-0.05, 0) is 70.9 Å². The van der Waals surface area contributed by atoms with Crippen molar-refractivity contribution in [2.24, 2.45) is 0 Å². The fourth-order valence-electron chi connectivity index (χ4n) is 8.95. The van der Waals surface area contributed by atoms with Crippen molar-refractivity contribution in [3.8, 4) is 17.2 Å². The molecule has 0 N–H and O–H groups in total. The zero-order chi connectivity index (χ0) is 33.9. The van der Waals surface area contributed by atoms with Crippen LogP contribution in [0.2, 0.25) is 6.55 Å². The largest absolute Gasteiger partial charge is 0.457 e. The van der Waals surface area contributed by atoms with Crippen molar-refractivity contribution in [1.29, 1.82) is 0 Å². The lowest BCUT2D eigenvalue weighted by Crippen LogP contribution is -2.65. The number of ether oxygens (including phenoxy) is 1. The van der Waals surface area contributed by atoms with Gasteiger partial charge in [0, 0.05) is 22.2 Å². The molecule has 2 aromatic heterocycles. The molecule has 0 spiro atoms. The molecule has 8 aromatic rings. The molecule has 1 unspecified atom stereocenters. The summed E-state index contributed by atoms with van der Waals surface area (Å²) in [5.74, 6) is 2.98. The van der Waals surface area contributed by atoms with Crippen molar-refractivity contribution in [1.82, 2.24) is 14.0 Å². The van der Waals surface area contributed by atoms with E-state index >= 15 is 0 Å². The van der Waals surface area contributed by atoms with Crippen molar-refractivity contribution >= 4 is 51.5 Å². The van der Waals surface area contributed by atoms with Crippen LogP contribution in [0.3, 0.4) is 0 Å². The first kappa shape index (κ1) is 30.6.